The molecular formula is C17H24N2O2. The Labute approximate surface area is 125 Å². The monoisotopic (exact) mass is 288 g/mol. The van der Waals surface area contributed by atoms with Crippen molar-refractivity contribution >= 4 is 11.7 Å². The summed E-state index contributed by atoms with van der Waals surface area (Å²) in [4.78, 5) is 13.8. The summed E-state index contributed by atoms with van der Waals surface area (Å²) in [6.45, 7) is 2.89. The molecular weight excluding hydrogens is 264 g/mol. The zero-order valence-corrected chi connectivity index (χ0v) is 12.4. The van der Waals surface area contributed by atoms with E-state index in [-0.39, 0.29) is 5.56 Å². The van der Waals surface area contributed by atoms with Gasteiger partial charge < -0.3 is 10.8 Å². The van der Waals surface area contributed by atoms with E-state index < -0.39 is 5.97 Å². The van der Waals surface area contributed by atoms with E-state index in [4.69, 9.17) is 5.73 Å². The molecule has 1 heterocycles. The SMILES string of the molecule is Nc1cccc(CN2CCC3CCCCC3C2)c1C(=O)O. The van der Waals surface area contributed by atoms with Gasteiger partial charge in [-0.15, -0.1) is 0 Å². The zero-order chi connectivity index (χ0) is 14.8. The maximum atomic E-state index is 11.4. The van der Waals surface area contributed by atoms with Gasteiger partial charge in [-0.2, -0.15) is 0 Å². The second kappa shape index (κ2) is 6.06. The minimum atomic E-state index is -0.921. The number of nitrogens with zero attached hydrogens (tertiary/aromatic N) is 1. The zero-order valence-electron chi connectivity index (χ0n) is 12.4. The van der Waals surface area contributed by atoms with Gasteiger partial charge in [-0.3, -0.25) is 4.90 Å². The molecule has 0 bridgehead atoms. The number of likely N-dealkylation sites (tertiary alicyclic amines) is 1. The molecule has 4 nitrogen and oxygen atoms in total. The highest BCUT2D eigenvalue weighted by Crippen LogP contribution is 2.36. The third-order valence-corrected chi connectivity index (χ3v) is 5.17. The lowest BCUT2D eigenvalue weighted by atomic mass is 9.75. The Bertz CT molecular complexity index is 530. The number of rotatable bonds is 3. The van der Waals surface area contributed by atoms with Crippen LogP contribution in [0.3, 0.4) is 0 Å². The highest BCUT2D eigenvalue weighted by Gasteiger charge is 2.31. The maximum absolute atomic E-state index is 11.4. The molecule has 0 amide bonds. The Morgan fingerprint density at radius 1 is 1.24 bits per heavy atom. The van der Waals surface area contributed by atoms with Crippen LogP contribution >= 0.6 is 0 Å². The van der Waals surface area contributed by atoms with E-state index in [0.29, 0.717) is 12.2 Å². The van der Waals surface area contributed by atoms with Crippen LogP contribution in [-0.4, -0.2) is 29.1 Å². The number of nitrogen functional groups attached to an aromatic ring is 1. The number of benzene rings is 1. The van der Waals surface area contributed by atoms with Gasteiger partial charge in [0.1, 0.15) is 0 Å². The van der Waals surface area contributed by atoms with Crippen LogP contribution in [0, 0.1) is 11.8 Å². The van der Waals surface area contributed by atoms with Crippen LogP contribution in [0.4, 0.5) is 5.69 Å². The first-order valence-corrected chi connectivity index (χ1v) is 7.98. The van der Waals surface area contributed by atoms with E-state index in [1.807, 2.05) is 12.1 Å². The standard InChI is InChI=1S/C17H24N2O2/c18-15-7-3-6-14(16(15)17(20)21)11-19-9-8-12-4-1-2-5-13(12)10-19/h3,6-7,12-13H,1-2,4-5,8-11,18H2,(H,20,21). The molecule has 0 aromatic heterocycles. The van der Waals surface area contributed by atoms with Crippen molar-refractivity contribution in [1.82, 2.24) is 4.90 Å². The average molecular weight is 288 g/mol. The Kier molecular flexibility index (Phi) is 4.15. The van der Waals surface area contributed by atoms with E-state index in [1.54, 1.807) is 6.07 Å². The average Bonchev–Trinajstić information content (AvgIpc) is 2.47. The summed E-state index contributed by atoms with van der Waals surface area (Å²) in [7, 11) is 0. The maximum Gasteiger partial charge on any atom is 0.338 e. The lowest BCUT2D eigenvalue weighted by Crippen LogP contribution is -2.41. The van der Waals surface area contributed by atoms with Crippen molar-refractivity contribution in [2.45, 2.75) is 38.6 Å². The normalized spacial score (nSPS) is 26.3. The quantitative estimate of drug-likeness (QED) is 0.839. The van der Waals surface area contributed by atoms with Crippen molar-refractivity contribution < 1.29 is 9.90 Å². The number of hydrogen-bond acceptors (Lipinski definition) is 3. The van der Waals surface area contributed by atoms with Crippen LogP contribution in [-0.2, 0) is 6.54 Å². The largest absolute Gasteiger partial charge is 0.478 e. The lowest BCUT2D eigenvalue weighted by Gasteiger charge is -2.41. The van der Waals surface area contributed by atoms with Crippen LogP contribution in [0.1, 0.15) is 48.0 Å². The Balaban J connectivity index is 1.72. The van der Waals surface area contributed by atoms with E-state index in [1.165, 1.54) is 32.1 Å². The molecule has 0 spiro atoms. The van der Waals surface area contributed by atoms with Crippen molar-refractivity contribution in [1.29, 1.82) is 0 Å². The third kappa shape index (κ3) is 3.05. The number of anilines is 1. The van der Waals surface area contributed by atoms with Gasteiger partial charge in [-0.05, 0) is 42.9 Å². The molecule has 1 saturated heterocycles. The van der Waals surface area contributed by atoms with Gasteiger partial charge in [0.15, 0.2) is 0 Å². The first kappa shape index (κ1) is 14.4. The third-order valence-electron chi connectivity index (χ3n) is 5.17. The Morgan fingerprint density at radius 2 is 2.00 bits per heavy atom. The molecule has 3 rings (SSSR count). The molecule has 2 atom stereocenters. The lowest BCUT2D eigenvalue weighted by molar-refractivity contribution is 0.0686. The van der Waals surface area contributed by atoms with Crippen LogP contribution < -0.4 is 5.73 Å². The second-order valence-corrected chi connectivity index (χ2v) is 6.51. The molecule has 4 heteroatoms. The molecule has 1 aromatic rings. The highest BCUT2D eigenvalue weighted by atomic mass is 16.4. The topological polar surface area (TPSA) is 66.6 Å². The smallest absolute Gasteiger partial charge is 0.338 e. The second-order valence-electron chi connectivity index (χ2n) is 6.51. The number of hydrogen-bond donors (Lipinski definition) is 2. The molecule has 1 aliphatic carbocycles. The summed E-state index contributed by atoms with van der Waals surface area (Å²) >= 11 is 0. The van der Waals surface area contributed by atoms with E-state index in [0.717, 1.165) is 30.5 Å². The molecule has 3 N–H and O–H groups in total. The van der Waals surface area contributed by atoms with Crippen molar-refractivity contribution in [3.8, 4) is 0 Å². The molecule has 2 unspecified atom stereocenters. The summed E-state index contributed by atoms with van der Waals surface area (Å²) in [5.74, 6) is 0.785. The van der Waals surface area contributed by atoms with Crippen LogP contribution in [0.15, 0.2) is 18.2 Å². The number of carboxylic acids is 1. The molecule has 2 aliphatic rings. The number of aromatic carboxylic acids is 1. The minimum absolute atomic E-state index is 0.281. The van der Waals surface area contributed by atoms with E-state index in [9.17, 15) is 9.90 Å². The minimum Gasteiger partial charge on any atom is -0.478 e. The van der Waals surface area contributed by atoms with Gasteiger partial charge in [0, 0.05) is 18.8 Å². The van der Waals surface area contributed by atoms with Crippen molar-refractivity contribution in [2.75, 3.05) is 18.8 Å². The summed E-state index contributed by atoms with van der Waals surface area (Å²) < 4.78 is 0. The molecule has 1 aliphatic heterocycles. The van der Waals surface area contributed by atoms with Crippen molar-refractivity contribution in [2.24, 2.45) is 11.8 Å². The van der Waals surface area contributed by atoms with Gasteiger partial charge in [0.05, 0.1) is 5.56 Å². The van der Waals surface area contributed by atoms with Gasteiger partial charge in [0.2, 0.25) is 0 Å². The van der Waals surface area contributed by atoms with E-state index in [2.05, 4.69) is 4.90 Å². The predicted octanol–water partition coefficient (Wildman–Crippen LogP) is 2.98. The van der Waals surface area contributed by atoms with Crippen molar-refractivity contribution in [3.05, 3.63) is 29.3 Å². The van der Waals surface area contributed by atoms with Crippen LogP contribution in [0.25, 0.3) is 0 Å². The number of piperidine rings is 1. The molecule has 1 saturated carbocycles. The summed E-state index contributed by atoms with van der Waals surface area (Å²) in [6.07, 6.45) is 6.73. The summed E-state index contributed by atoms with van der Waals surface area (Å²) in [6, 6.07) is 5.41. The van der Waals surface area contributed by atoms with Gasteiger partial charge in [-0.25, -0.2) is 4.79 Å². The number of nitrogens with two attached hydrogens (primary N) is 1. The van der Waals surface area contributed by atoms with Crippen LogP contribution in [0.5, 0.6) is 0 Å². The first-order valence-electron chi connectivity index (χ1n) is 7.98. The predicted molar refractivity (Wildman–Crippen MR) is 83.2 cm³/mol. The molecule has 1 aromatic carbocycles. The Morgan fingerprint density at radius 3 is 2.76 bits per heavy atom. The van der Waals surface area contributed by atoms with Gasteiger partial charge in [0.25, 0.3) is 0 Å². The first-order chi connectivity index (χ1) is 10.1. The molecule has 114 valence electrons. The number of carbonyl (C=O) groups is 1. The fraction of sp³-hybridized carbons (Fsp3) is 0.588. The fourth-order valence-electron chi connectivity index (χ4n) is 4.07. The number of carboxylic acid groups (broad SMARTS) is 1. The fourth-order valence-corrected chi connectivity index (χ4v) is 4.07. The van der Waals surface area contributed by atoms with Gasteiger partial charge >= 0.3 is 5.97 Å². The highest BCUT2D eigenvalue weighted by molar-refractivity contribution is 5.95. The molecule has 2 fully saturated rings. The summed E-state index contributed by atoms with van der Waals surface area (Å²) in [5, 5.41) is 9.36. The van der Waals surface area contributed by atoms with E-state index >= 15 is 0 Å². The number of fused-ring (bicyclic) bond motifs is 1. The summed E-state index contributed by atoms with van der Waals surface area (Å²) in [5.41, 5.74) is 7.33. The molecule has 21 heavy (non-hydrogen) atoms. The van der Waals surface area contributed by atoms with Crippen molar-refractivity contribution in [3.63, 3.8) is 0 Å². The molecule has 0 radical (unpaired) electrons. The van der Waals surface area contributed by atoms with Gasteiger partial charge in [-0.1, -0.05) is 31.4 Å². The Hall–Kier alpha value is -1.55. The van der Waals surface area contributed by atoms with Crippen LogP contribution in [0.2, 0.25) is 0 Å².